The summed E-state index contributed by atoms with van der Waals surface area (Å²) in [4.78, 5) is 13.3. The summed E-state index contributed by atoms with van der Waals surface area (Å²) < 4.78 is 5.54. The van der Waals surface area contributed by atoms with Crippen molar-refractivity contribution in [2.75, 3.05) is 13.2 Å². The minimum atomic E-state index is -0.270. The summed E-state index contributed by atoms with van der Waals surface area (Å²) in [7, 11) is 0. The topological polar surface area (TPSA) is 96.0 Å². The minimum absolute atomic E-state index is 0.196. The minimum Gasteiger partial charge on any atom is -0.463 e. The number of aromatic amines is 1. The van der Waals surface area contributed by atoms with Gasteiger partial charge in [-0.2, -0.15) is 5.21 Å². The molecule has 0 saturated heterocycles. The van der Waals surface area contributed by atoms with Gasteiger partial charge in [-0.25, -0.2) is 9.80 Å². The van der Waals surface area contributed by atoms with Crippen LogP contribution < -0.4 is 5.43 Å². The lowest BCUT2D eigenvalue weighted by Crippen LogP contribution is -2.36. The summed E-state index contributed by atoms with van der Waals surface area (Å²) >= 11 is 0. The molecule has 194 valence electrons. The quantitative estimate of drug-likeness (QED) is 0.282. The Bertz CT molecular complexity index is 1380. The van der Waals surface area contributed by atoms with Crippen LogP contribution in [0.1, 0.15) is 43.9 Å². The molecule has 8 heteroatoms. The molecular weight excluding hydrogens is 476 g/mol. The summed E-state index contributed by atoms with van der Waals surface area (Å²) in [5, 5.41) is 16.7. The second-order valence-electron chi connectivity index (χ2n) is 9.24. The van der Waals surface area contributed by atoms with Gasteiger partial charge in [0.15, 0.2) is 0 Å². The fraction of sp³-hybridized carbons (Fsp3) is 0.267. The van der Waals surface area contributed by atoms with Crippen molar-refractivity contribution >= 4 is 5.97 Å². The Morgan fingerprint density at radius 1 is 0.947 bits per heavy atom. The lowest BCUT2D eigenvalue weighted by atomic mass is 9.94. The molecule has 0 aliphatic carbocycles. The van der Waals surface area contributed by atoms with E-state index in [0.717, 1.165) is 52.9 Å². The van der Waals surface area contributed by atoms with Crippen LogP contribution in [0.2, 0.25) is 0 Å². The number of nitrogens with one attached hydrogen (secondary N) is 2. The number of ether oxygens (including phenoxy) is 1. The van der Waals surface area contributed by atoms with Crippen LogP contribution in [0.4, 0.5) is 0 Å². The molecule has 2 N–H and O–H groups in total. The van der Waals surface area contributed by atoms with Gasteiger partial charge in [0.05, 0.1) is 18.2 Å². The molecule has 1 aliphatic heterocycles. The van der Waals surface area contributed by atoms with Gasteiger partial charge in [0, 0.05) is 24.2 Å². The van der Waals surface area contributed by atoms with E-state index in [1.807, 2.05) is 43.3 Å². The van der Waals surface area contributed by atoms with Crippen molar-refractivity contribution in [2.24, 2.45) is 0 Å². The summed E-state index contributed by atoms with van der Waals surface area (Å²) in [6, 6.07) is 26.4. The van der Waals surface area contributed by atoms with Crippen LogP contribution in [0.25, 0.3) is 22.5 Å². The number of carbonyl (C=O) groups is 1. The highest BCUT2D eigenvalue weighted by molar-refractivity contribution is 5.91. The largest absolute Gasteiger partial charge is 0.463 e. The van der Waals surface area contributed by atoms with E-state index >= 15 is 0 Å². The number of benzene rings is 3. The number of nitrogens with zero attached hydrogens (tertiary/aromatic N) is 4. The van der Waals surface area contributed by atoms with E-state index in [0.29, 0.717) is 24.4 Å². The Morgan fingerprint density at radius 3 is 2.37 bits per heavy atom. The zero-order valence-corrected chi connectivity index (χ0v) is 21.7. The Labute approximate surface area is 222 Å². The van der Waals surface area contributed by atoms with Crippen LogP contribution >= 0.6 is 0 Å². The third-order valence-corrected chi connectivity index (χ3v) is 6.71. The maximum Gasteiger partial charge on any atom is 0.337 e. The van der Waals surface area contributed by atoms with Crippen LogP contribution in [-0.4, -0.2) is 44.8 Å². The fourth-order valence-corrected chi connectivity index (χ4v) is 4.90. The van der Waals surface area contributed by atoms with E-state index in [-0.39, 0.29) is 12.0 Å². The summed E-state index contributed by atoms with van der Waals surface area (Å²) in [6.07, 6.45) is 2.68. The van der Waals surface area contributed by atoms with Crippen LogP contribution in [-0.2, 0) is 16.0 Å². The molecule has 0 saturated carbocycles. The summed E-state index contributed by atoms with van der Waals surface area (Å²) in [5.41, 5.74) is 10.3. The summed E-state index contributed by atoms with van der Waals surface area (Å²) in [6.45, 7) is 5.18. The summed E-state index contributed by atoms with van der Waals surface area (Å²) in [5.74, 6) is 0.289. The van der Waals surface area contributed by atoms with Gasteiger partial charge in [-0.15, -0.1) is 10.2 Å². The molecule has 8 nitrogen and oxygen atoms in total. The molecule has 2 heterocycles. The van der Waals surface area contributed by atoms with Crippen LogP contribution in [0.5, 0.6) is 0 Å². The van der Waals surface area contributed by atoms with Crippen molar-refractivity contribution in [1.29, 1.82) is 0 Å². The number of carbonyl (C=O) groups excluding carboxylic acids is 1. The first kappa shape index (κ1) is 25.4. The molecule has 0 amide bonds. The van der Waals surface area contributed by atoms with Crippen molar-refractivity contribution in [1.82, 2.24) is 31.1 Å². The molecule has 1 aromatic heterocycles. The van der Waals surface area contributed by atoms with Gasteiger partial charge in [0.25, 0.3) is 0 Å². The van der Waals surface area contributed by atoms with Crippen molar-refractivity contribution in [3.63, 3.8) is 0 Å². The monoisotopic (exact) mass is 508 g/mol. The average Bonchev–Trinajstić information content (AvgIpc) is 3.62. The lowest BCUT2D eigenvalue weighted by molar-refractivity contribution is -0.139. The number of tetrazole rings is 1. The van der Waals surface area contributed by atoms with Gasteiger partial charge < -0.3 is 10.2 Å². The maximum atomic E-state index is 13.3. The third-order valence-electron chi connectivity index (χ3n) is 6.71. The van der Waals surface area contributed by atoms with Crippen molar-refractivity contribution in [3.05, 3.63) is 101 Å². The molecule has 1 aliphatic rings. The Kier molecular flexibility index (Phi) is 7.89. The number of aromatic nitrogens is 4. The van der Waals surface area contributed by atoms with Gasteiger partial charge in [0.2, 0.25) is 5.82 Å². The zero-order valence-electron chi connectivity index (χ0n) is 21.7. The first-order valence-electron chi connectivity index (χ1n) is 13.1. The number of hydrogen-bond acceptors (Lipinski definition) is 7. The molecule has 38 heavy (non-hydrogen) atoms. The van der Waals surface area contributed by atoms with E-state index < -0.39 is 0 Å². The number of unbranched alkanes of at least 4 members (excludes halogenated alkanes) is 1. The normalized spacial score (nSPS) is 15.5. The highest BCUT2D eigenvalue weighted by Gasteiger charge is 2.38. The van der Waals surface area contributed by atoms with Gasteiger partial charge in [-0.3, -0.25) is 0 Å². The van der Waals surface area contributed by atoms with Crippen molar-refractivity contribution < 1.29 is 9.53 Å². The molecular formula is C30H32N6O2. The second-order valence-corrected chi connectivity index (χ2v) is 9.24. The van der Waals surface area contributed by atoms with E-state index in [1.165, 1.54) is 0 Å². The number of esters is 1. The zero-order chi connectivity index (χ0) is 26.3. The Hall–Kier alpha value is -4.30. The van der Waals surface area contributed by atoms with Crippen LogP contribution in [0.3, 0.4) is 0 Å². The lowest BCUT2D eigenvalue weighted by Gasteiger charge is -2.26. The second kappa shape index (κ2) is 11.8. The maximum absolute atomic E-state index is 13.3. The van der Waals surface area contributed by atoms with Crippen LogP contribution in [0, 0.1) is 0 Å². The van der Waals surface area contributed by atoms with E-state index in [4.69, 9.17) is 4.74 Å². The van der Waals surface area contributed by atoms with Crippen LogP contribution in [0.15, 0.2) is 90.1 Å². The number of H-pyrrole nitrogens is 1. The van der Waals surface area contributed by atoms with E-state index in [1.54, 1.807) is 0 Å². The first-order chi connectivity index (χ1) is 18.7. The third kappa shape index (κ3) is 5.35. The van der Waals surface area contributed by atoms with Gasteiger partial charge in [0.1, 0.15) is 0 Å². The molecule has 5 rings (SSSR count). The molecule has 3 aromatic carbocycles. The highest BCUT2D eigenvalue weighted by Crippen LogP contribution is 2.37. The number of allylic oxidation sites excluding steroid dienone is 1. The SMILES string of the molecule is CCCCN1NC(Cc2ccc(-c3ccccc3-c3nn[nH]n3)cc2)=C(C(=O)OCC)C1c1ccccc1. The standard InChI is InChI=1S/C30H32N6O2/c1-3-5-19-36-28(23-11-7-6-8-12-23)27(30(37)38-4-2)26(33-36)20-21-15-17-22(18-16-21)24-13-9-10-14-25(24)29-31-34-35-32-29/h6-18,28,33H,3-5,19-20H2,1-2H3,(H,31,32,34,35). The molecule has 4 aromatic rings. The van der Waals surface area contributed by atoms with Crippen molar-refractivity contribution in [2.45, 2.75) is 39.2 Å². The van der Waals surface area contributed by atoms with E-state index in [9.17, 15) is 4.79 Å². The molecule has 0 radical (unpaired) electrons. The first-order valence-corrected chi connectivity index (χ1v) is 13.1. The molecule has 0 fully saturated rings. The smallest absolute Gasteiger partial charge is 0.337 e. The number of hydrogen-bond donors (Lipinski definition) is 2. The fourth-order valence-electron chi connectivity index (χ4n) is 4.90. The Balaban J connectivity index is 1.47. The van der Waals surface area contributed by atoms with Gasteiger partial charge in [-0.05, 0) is 40.8 Å². The van der Waals surface area contributed by atoms with E-state index in [2.05, 4.69) is 80.4 Å². The highest BCUT2D eigenvalue weighted by atomic mass is 16.5. The predicted octanol–water partition coefficient (Wildman–Crippen LogP) is 5.26. The predicted molar refractivity (Wildman–Crippen MR) is 146 cm³/mol. The van der Waals surface area contributed by atoms with Gasteiger partial charge >= 0.3 is 5.97 Å². The molecule has 0 spiro atoms. The number of hydrazine groups is 1. The molecule has 0 bridgehead atoms. The number of rotatable bonds is 10. The van der Waals surface area contributed by atoms with Crippen molar-refractivity contribution in [3.8, 4) is 22.5 Å². The molecule has 1 unspecified atom stereocenters. The Morgan fingerprint density at radius 2 is 1.68 bits per heavy atom. The van der Waals surface area contributed by atoms with Gasteiger partial charge in [-0.1, -0.05) is 92.2 Å². The molecule has 1 atom stereocenters. The average molecular weight is 509 g/mol.